The number of carbonyl (C=O) groups is 1. The maximum absolute atomic E-state index is 12.9. The van der Waals surface area contributed by atoms with Gasteiger partial charge in [-0.05, 0) is 59.4 Å². The Morgan fingerprint density at radius 2 is 2.38 bits per heavy atom. The molecule has 1 fully saturated rings. The van der Waals surface area contributed by atoms with Gasteiger partial charge in [-0.1, -0.05) is 0 Å². The van der Waals surface area contributed by atoms with Crippen molar-refractivity contribution in [1.29, 1.82) is 0 Å². The summed E-state index contributed by atoms with van der Waals surface area (Å²) in [5, 5.41) is 2.90. The summed E-state index contributed by atoms with van der Waals surface area (Å²) in [7, 11) is 0. The number of amides is 1. The van der Waals surface area contributed by atoms with Crippen LogP contribution in [0.5, 0.6) is 0 Å². The summed E-state index contributed by atoms with van der Waals surface area (Å²) in [5.74, 6) is 0.808. The van der Waals surface area contributed by atoms with Crippen LogP contribution in [0.4, 0.5) is 10.1 Å². The molecule has 0 saturated carbocycles. The largest absolute Gasteiger partial charge is 0.324 e. The number of carbonyl (C=O) groups excluding carboxylic acids is 1. The van der Waals surface area contributed by atoms with Crippen molar-refractivity contribution in [2.24, 2.45) is 0 Å². The van der Waals surface area contributed by atoms with Gasteiger partial charge in [-0.25, -0.2) is 4.39 Å². The molecule has 1 aliphatic heterocycles. The van der Waals surface area contributed by atoms with Gasteiger partial charge in [0.05, 0.1) is 10.9 Å². The molecular formula is C11H11FINOS. The van der Waals surface area contributed by atoms with Crippen LogP contribution >= 0.6 is 34.4 Å². The lowest BCUT2D eigenvalue weighted by atomic mass is 10.2. The van der Waals surface area contributed by atoms with Crippen molar-refractivity contribution in [1.82, 2.24) is 0 Å². The first-order valence-electron chi connectivity index (χ1n) is 5.04. The molecule has 5 heteroatoms. The molecule has 2 nitrogen and oxygen atoms in total. The lowest BCUT2D eigenvalue weighted by Crippen LogP contribution is -2.23. The predicted molar refractivity (Wildman–Crippen MR) is 73.2 cm³/mol. The van der Waals surface area contributed by atoms with Gasteiger partial charge in [0.1, 0.15) is 5.82 Å². The molecule has 86 valence electrons. The Balaban J connectivity index is 2.05. The molecule has 0 radical (unpaired) electrons. The van der Waals surface area contributed by atoms with E-state index >= 15 is 0 Å². The van der Waals surface area contributed by atoms with Gasteiger partial charge in [-0.3, -0.25) is 4.79 Å². The Bertz CT molecular complexity index is 407. The van der Waals surface area contributed by atoms with Crippen molar-refractivity contribution < 1.29 is 9.18 Å². The van der Waals surface area contributed by atoms with Crippen molar-refractivity contribution in [2.45, 2.75) is 18.1 Å². The average Bonchev–Trinajstić information content (AvgIpc) is 2.75. The standard InChI is InChI=1S/C11H11FINOS/c12-7-3-4-9(8(13)6-7)14-11(15)10-2-1-5-16-10/h3-4,6,10H,1-2,5H2,(H,14,15). The highest BCUT2D eigenvalue weighted by Crippen LogP contribution is 2.28. The third-order valence-corrected chi connectivity index (χ3v) is 4.68. The number of thioether (sulfide) groups is 1. The monoisotopic (exact) mass is 351 g/mol. The minimum atomic E-state index is -0.280. The van der Waals surface area contributed by atoms with E-state index in [0.29, 0.717) is 5.69 Å². The van der Waals surface area contributed by atoms with Crippen LogP contribution in [0.15, 0.2) is 18.2 Å². The Labute approximate surface area is 112 Å². The average molecular weight is 351 g/mol. The van der Waals surface area contributed by atoms with E-state index in [1.807, 2.05) is 22.6 Å². The number of hydrogen-bond donors (Lipinski definition) is 1. The van der Waals surface area contributed by atoms with E-state index in [4.69, 9.17) is 0 Å². The quantitative estimate of drug-likeness (QED) is 0.829. The van der Waals surface area contributed by atoms with Gasteiger partial charge in [0, 0.05) is 3.57 Å². The van der Waals surface area contributed by atoms with E-state index < -0.39 is 0 Å². The maximum Gasteiger partial charge on any atom is 0.237 e. The number of halogens is 2. The number of rotatable bonds is 2. The predicted octanol–water partition coefficient (Wildman–Crippen LogP) is 3.26. The number of benzene rings is 1. The topological polar surface area (TPSA) is 29.1 Å². The highest BCUT2D eigenvalue weighted by Gasteiger charge is 2.23. The second-order valence-corrected chi connectivity index (χ2v) is 6.09. The smallest absolute Gasteiger partial charge is 0.237 e. The Hall–Kier alpha value is -0.300. The van der Waals surface area contributed by atoms with E-state index in [0.717, 1.165) is 22.2 Å². The maximum atomic E-state index is 12.9. The van der Waals surface area contributed by atoms with E-state index in [2.05, 4.69) is 5.32 Å². The molecule has 1 heterocycles. The van der Waals surface area contributed by atoms with Gasteiger partial charge in [-0.2, -0.15) is 0 Å². The number of nitrogens with one attached hydrogen (secondary N) is 1. The molecule has 1 N–H and O–H groups in total. The third-order valence-electron chi connectivity index (χ3n) is 2.41. The summed E-state index contributed by atoms with van der Waals surface area (Å²) in [5.41, 5.74) is 0.694. The lowest BCUT2D eigenvalue weighted by Gasteiger charge is -2.11. The van der Waals surface area contributed by atoms with Crippen molar-refractivity contribution in [3.63, 3.8) is 0 Å². The summed E-state index contributed by atoms with van der Waals surface area (Å²) in [6.45, 7) is 0. The molecule has 0 bridgehead atoms. The fourth-order valence-electron chi connectivity index (χ4n) is 1.59. The molecular weight excluding hydrogens is 340 g/mol. The Morgan fingerprint density at radius 3 is 3.00 bits per heavy atom. The molecule has 0 aliphatic carbocycles. The van der Waals surface area contributed by atoms with E-state index in [1.54, 1.807) is 17.8 Å². The summed E-state index contributed by atoms with van der Waals surface area (Å²) in [4.78, 5) is 11.8. The van der Waals surface area contributed by atoms with Gasteiger partial charge in [-0.15, -0.1) is 11.8 Å². The molecule has 2 rings (SSSR count). The van der Waals surface area contributed by atoms with Crippen molar-refractivity contribution >= 4 is 45.9 Å². The molecule has 1 unspecified atom stereocenters. The zero-order valence-corrected chi connectivity index (χ0v) is 11.5. The van der Waals surface area contributed by atoms with Crippen LogP contribution in [0.1, 0.15) is 12.8 Å². The van der Waals surface area contributed by atoms with Crippen LogP contribution in [-0.4, -0.2) is 16.9 Å². The summed E-state index contributed by atoms with van der Waals surface area (Å²) in [6, 6.07) is 4.38. The molecule has 1 aromatic rings. The van der Waals surface area contributed by atoms with Crippen LogP contribution < -0.4 is 5.32 Å². The summed E-state index contributed by atoms with van der Waals surface area (Å²) >= 11 is 3.71. The van der Waals surface area contributed by atoms with Crippen LogP contribution in [0.2, 0.25) is 0 Å². The molecule has 16 heavy (non-hydrogen) atoms. The molecule has 1 amide bonds. The van der Waals surface area contributed by atoms with Gasteiger partial charge < -0.3 is 5.32 Å². The normalized spacial score (nSPS) is 19.8. The molecule has 1 atom stereocenters. The molecule has 0 aromatic heterocycles. The first-order chi connectivity index (χ1) is 7.66. The van der Waals surface area contributed by atoms with E-state index in [1.165, 1.54) is 12.1 Å². The second-order valence-electron chi connectivity index (χ2n) is 3.62. The van der Waals surface area contributed by atoms with Crippen LogP contribution in [-0.2, 0) is 4.79 Å². The highest BCUT2D eigenvalue weighted by molar-refractivity contribution is 14.1. The summed E-state index contributed by atoms with van der Waals surface area (Å²) in [6.07, 6.45) is 2.04. The Morgan fingerprint density at radius 1 is 1.56 bits per heavy atom. The number of anilines is 1. The summed E-state index contributed by atoms with van der Waals surface area (Å²) < 4.78 is 13.6. The minimum Gasteiger partial charge on any atom is -0.324 e. The molecule has 1 aromatic carbocycles. The van der Waals surface area contributed by atoms with Gasteiger partial charge >= 0.3 is 0 Å². The fraction of sp³-hybridized carbons (Fsp3) is 0.364. The molecule has 1 saturated heterocycles. The number of hydrogen-bond acceptors (Lipinski definition) is 2. The fourth-order valence-corrected chi connectivity index (χ4v) is 3.36. The SMILES string of the molecule is O=C(Nc1ccc(F)cc1I)C1CCCS1. The van der Waals surface area contributed by atoms with Crippen LogP contribution in [0.3, 0.4) is 0 Å². The lowest BCUT2D eigenvalue weighted by molar-refractivity contribution is -0.115. The van der Waals surface area contributed by atoms with Crippen LogP contribution in [0.25, 0.3) is 0 Å². The van der Waals surface area contributed by atoms with Crippen LogP contribution in [0, 0.1) is 9.39 Å². The molecule has 1 aliphatic rings. The van der Waals surface area contributed by atoms with Crippen molar-refractivity contribution in [2.75, 3.05) is 11.1 Å². The first kappa shape index (κ1) is 12.2. The van der Waals surface area contributed by atoms with Crippen molar-refractivity contribution in [3.8, 4) is 0 Å². The minimum absolute atomic E-state index is 0.0343. The second kappa shape index (κ2) is 5.35. The third kappa shape index (κ3) is 2.88. The van der Waals surface area contributed by atoms with Gasteiger partial charge in [0.2, 0.25) is 5.91 Å². The zero-order chi connectivity index (χ0) is 11.5. The highest BCUT2D eigenvalue weighted by atomic mass is 127. The van der Waals surface area contributed by atoms with E-state index in [9.17, 15) is 9.18 Å². The first-order valence-corrected chi connectivity index (χ1v) is 7.17. The zero-order valence-electron chi connectivity index (χ0n) is 8.50. The van der Waals surface area contributed by atoms with Crippen molar-refractivity contribution in [3.05, 3.63) is 27.6 Å². The Kier molecular flexibility index (Phi) is 4.07. The molecule has 0 spiro atoms. The van der Waals surface area contributed by atoms with Gasteiger partial charge in [0.25, 0.3) is 0 Å². The van der Waals surface area contributed by atoms with E-state index in [-0.39, 0.29) is 17.0 Å². The van der Waals surface area contributed by atoms with Gasteiger partial charge in [0.15, 0.2) is 0 Å².